The number of halogens is 1. The number of thiophene rings is 1. The summed E-state index contributed by atoms with van der Waals surface area (Å²) in [5.41, 5.74) is 0. The van der Waals surface area contributed by atoms with Crippen molar-refractivity contribution < 1.29 is 5.11 Å². The third kappa shape index (κ3) is 1.52. The van der Waals surface area contributed by atoms with Gasteiger partial charge in [0.25, 0.3) is 0 Å². The fourth-order valence-electron chi connectivity index (χ4n) is 1.22. The first kappa shape index (κ1) is 9.19. The van der Waals surface area contributed by atoms with E-state index in [0.717, 1.165) is 19.3 Å². The smallest absolute Gasteiger partial charge is 0.116 e. The van der Waals surface area contributed by atoms with Gasteiger partial charge in [0.2, 0.25) is 0 Å². The Morgan fingerprint density at radius 1 is 1.46 bits per heavy atom. The predicted molar refractivity (Wildman–Crippen MR) is 60.3 cm³/mol. The molecule has 13 heavy (non-hydrogen) atoms. The van der Waals surface area contributed by atoms with E-state index in [2.05, 4.69) is 0 Å². The zero-order valence-electron chi connectivity index (χ0n) is 6.87. The number of phenols is 1. The van der Waals surface area contributed by atoms with Gasteiger partial charge >= 0.3 is 0 Å². The highest BCUT2D eigenvalue weighted by Gasteiger charge is 2.09. The minimum absolute atomic E-state index is 0.289. The third-order valence-electron chi connectivity index (χ3n) is 1.79. The van der Waals surface area contributed by atoms with E-state index in [9.17, 15) is 5.11 Å². The first-order valence-corrected chi connectivity index (χ1v) is 6.09. The Labute approximate surface area is 89.3 Å². The van der Waals surface area contributed by atoms with E-state index in [-0.39, 0.29) is 5.75 Å². The van der Waals surface area contributed by atoms with E-state index in [1.165, 1.54) is 0 Å². The van der Waals surface area contributed by atoms with Gasteiger partial charge in [0, 0.05) is 15.0 Å². The number of aromatic hydroxyl groups is 1. The van der Waals surface area contributed by atoms with E-state index < -0.39 is 0 Å². The van der Waals surface area contributed by atoms with Crippen LogP contribution in [-0.2, 0) is 0 Å². The summed E-state index contributed by atoms with van der Waals surface area (Å²) in [5.74, 6) is 0.289. The van der Waals surface area contributed by atoms with Crippen molar-refractivity contribution in [1.29, 1.82) is 0 Å². The lowest BCUT2D eigenvalue weighted by Gasteiger charge is -1.95. The zero-order valence-corrected chi connectivity index (χ0v) is 9.26. The lowest BCUT2D eigenvalue weighted by molar-refractivity contribution is 0.476. The number of benzene rings is 1. The van der Waals surface area contributed by atoms with Crippen LogP contribution in [0.1, 0.15) is 0 Å². The van der Waals surface area contributed by atoms with Crippen molar-refractivity contribution in [2.45, 2.75) is 4.90 Å². The second-order valence-corrected chi connectivity index (χ2v) is 5.06. The largest absolute Gasteiger partial charge is 0.508 e. The molecule has 4 heteroatoms. The summed E-state index contributed by atoms with van der Waals surface area (Å²) >= 11 is 9.19. The Hall–Kier alpha value is -0.380. The summed E-state index contributed by atoms with van der Waals surface area (Å²) in [5, 5.41) is 10.4. The second-order valence-electron chi connectivity index (χ2n) is 2.59. The van der Waals surface area contributed by atoms with Crippen molar-refractivity contribution in [1.82, 2.24) is 0 Å². The summed E-state index contributed by atoms with van der Waals surface area (Å²) in [6.45, 7) is 0. The standard InChI is InChI=1S/C9H7ClOS2/c1-12-8-6-4-5(11)2-3-7(6)13-9(8)10/h2-4,11H,1H3. The topological polar surface area (TPSA) is 20.2 Å². The maximum Gasteiger partial charge on any atom is 0.116 e. The van der Waals surface area contributed by atoms with E-state index in [1.54, 1.807) is 35.2 Å². The predicted octanol–water partition coefficient (Wildman–Crippen LogP) is 3.98. The van der Waals surface area contributed by atoms with Crippen LogP contribution in [0.25, 0.3) is 10.1 Å². The zero-order chi connectivity index (χ0) is 9.42. The van der Waals surface area contributed by atoms with Crippen LogP contribution in [0, 0.1) is 0 Å². The molecule has 0 amide bonds. The molecule has 2 rings (SSSR count). The van der Waals surface area contributed by atoms with Crippen LogP contribution in [0.5, 0.6) is 5.75 Å². The van der Waals surface area contributed by atoms with Gasteiger partial charge in [0.15, 0.2) is 0 Å². The molecule has 0 radical (unpaired) electrons. The van der Waals surface area contributed by atoms with Crippen molar-refractivity contribution in [3.63, 3.8) is 0 Å². The Bertz CT molecular complexity index is 450. The molecule has 0 spiro atoms. The summed E-state index contributed by atoms with van der Waals surface area (Å²) in [4.78, 5) is 1.05. The van der Waals surface area contributed by atoms with Crippen LogP contribution in [0.4, 0.5) is 0 Å². The molecule has 0 aliphatic carbocycles. The quantitative estimate of drug-likeness (QED) is 0.748. The monoisotopic (exact) mass is 230 g/mol. The number of hydrogen-bond donors (Lipinski definition) is 1. The highest BCUT2D eigenvalue weighted by atomic mass is 35.5. The van der Waals surface area contributed by atoms with E-state index in [4.69, 9.17) is 11.6 Å². The maximum atomic E-state index is 9.31. The van der Waals surface area contributed by atoms with Crippen LogP contribution in [-0.4, -0.2) is 11.4 Å². The minimum atomic E-state index is 0.289. The van der Waals surface area contributed by atoms with Crippen molar-refractivity contribution in [3.8, 4) is 5.75 Å². The van der Waals surface area contributed by atoms with Gasteiger partial charge in [-0.05, 0) is 24.5 Å². The van der Waals surface area contributed by atoms with Gasteiger partial charge in [0.05, 0.1) is 0 Å². The Balaban J connectivity index is 2.80. The molecule has 1 aromatic heterocycles. The fraction of sp³-hybridized carbons (Fsp3) is 0.111. The van der Waals surface area contributed by atoms with Crippen LogP contribution in [0.3, 0.4) is 0 Å². The molecule has 0 saturated heterocycles. The van der Waals surface area contributed by atoms with Gasteiger partial charge in [-0.15, -0.1) is 23.1 Å². The lowest BCUT2D eigenvalue weighted by Crippen LogP contribution is -1.67. The molecule has 0 bridgehead atoms. The molecular formula is C9H7ClOS2. The SMILES string of the molecule is CSc1c(Cl)sc2ccc(O)cc12. The van der Waals surface area contributed by atoms with Crippen molar-refractivity contribution in [2.24, 2.45) is 0 Å². The second kappa shape index (κ2) is 3.40. The minimum Gasteiger partial charge on any atom is -0.508 e. The molecule has 0 unspecified atom stereocenters. The summed E-state index contributed by atoms with van der Waals surface area (Å²) in [7, 11) is 0. The van der Waals surface area contributed by atoms with Gasteiger partial charge in [-0.1, -0.05) is 11.6 Å². The molecule has 0 saturated carbocycles. The van der Waals surface area contributed by atoms with Crippen molar-refractivity contribution >= 4 is 44.8 Å². The van der Waals surface area contributed by atoms with Crippen LogP contribution in [0.2, 0.25) is 4.34 Å². The number of hydrogen-bond acceptors (Lipinski definition) is 3. The molecule has 2 aromatic rings. The maximum absolute atomic E-state index is 9.31. The number of thioether (sulfide) groups is 1. The molecule has 68 valence electrons. The molecule has 0 atom stereocenters. The Morgan fingerprint density at radius 3 is 2.92 bits per heavy atom. The summed E-state index contributed by atoms with van der Waals surface area (Å²) < 4.78 is 1.92. The van der Waals surface area contributed by atoms with E-state index in [0.29, 0.717) is 0 Å². The number of fused-ring (bicyclic) bond motifs is 1. The molecule has 0 aliphatic rings. The molecule has 1 heterocycles. The fourth-order valence-corrected chi connectivity index (χ4v) is 3.60. The van der Waals surface area contributed by atoms with Crippen LogP contribution in [0.15, 0.2) is 23.1 Å². The molecule has 0 fully saturated rings. The van der Waals surface area contributed by atoms with E-state index >= 15 is 0 Å². The van der Waals surface area contributed by atoms with Crippen LogP contribution < -0.4 is 0 Å². The van der Waals surface area contributed by atoms with E-state index in [1.807, 2.05) is 12.3 Å². The van der Waals surface area contributed by atoms with Gasteiger partial charge < -0.3 is 5.11 Å². The Kier molecular flexibility index (Phi) is 2.41. The lowest BCUT2D eigenvalue weighted by atomic mass is 10.2. The van der Waals surface area contributed by atoms with Crippen molar-refractivity contribution in [3.05, 3.63) is 22.5 Å². The Morgan fingerprint density at radius 2 is 2.23 bits per heavy atom. The normalized spacial score (nSPS) is 10.9. The number of phenolic OH excluding ortho intramolecular Hbond substituents is 1. The third-order valence-corrected chi connectivity index (χ3v) is 4.24. The summed E-state index contributed by atoms with van der Waals surface area (Å²) in [6.07, 6.45) is 1.98. The van der Waals surface area contributed by atoms with Gasteiger partial charge in [0.1, 0.15) is 10.1 Å². The molecule has 1 nitrogen and oxygen atoms in total. The first-order chi connectivity index (χ1) is 6.22. The highest BCUT2D eigenvalue weighted by molar-refractivity contribution is 7.99. The van der Waals surface area contributed by atoms with Gasteiger partial charge in [-0.3, -0.25) is 0 Å². The van der Waals surface area contributed by atoms with Crippen LogP contribution >= 0.6 is 34.7 Å². The molecule has 1 N–H and O–H groups in total. The van der Waals surface area contributed by atoms with Gasteiger partial charge in [-0.25, -0.2) is 0 Å². The number of rotatable bonds is 1. The molecule has 1 aromatic carbocycles. The average molecular weight is 231 g/mol. The first-order valence-electron chi connectivity index (χ1n) is 3.67. The average Bonchev–Trinajstić information content (AvgIpc) is 2.40. The highest BCUT2D eigenvalue weighted by Crippen LogP contribution is 2.41. The molecular weight excluding hydrogens is 224 g/mol. The summed E-state index contributed by atoms with van der Waals surface area (Å²) in [6, 6.07) is 5.32. The van der Waals surface area contributed by atoms with Gasteiger partial charge in [-0.2, -0.15) is 0 Å². The molecule has 0 aliphatic heterocycles. The van der Waals surface area contributed by atoms with Crippen molar-refractivity contribution in [2.75, 3.05) is 6.26 Å².